The number of hydrogen-bond donors (Lipinski definition) is 4. The van der Waals surface area contributed by atoms with Gasteiger partial charge in [-0.1, -0.05) is 36.4 Å². The zero-order chi connectivity index (χ0) is 29.6. The highest BCUT2D eigenvalue weighted by atomic mass is 16.6. The Bertz CT molecular complexity index is 1340. The molecule has 3 rings (SSSR count). The number of hydrogen-bond acceptors (Lipinski definition) is 8. The molecule has 0 aliphatic rings. The highest BCUT2D eigenvalue weighted by Crippen LogP contribution is 2.33. The topological polar surface area (TPSA) is 149 Å². The quantitative estimate of drug-likeness (QED) is 0.120. The highest BCUT2D eigenvalue weighted by molar-refractivity contribution is 6.01. The molecule has 41 heavy (non-hydrogen) atoms. The largest absolute Gasteiger partial charge is 0.491 e. The highest BCUT2D eigenvalue weighted by Gasteiger charge is 2.29. The number of carbonyl (C=O) groups excluding carboxylic acids is 3. The number of amides is 2. The number of aliphatic hydroxyl groups excluding tert-OH is 1. The molecular formula is C31H35N3O7. The third kappa shape index (κ3) is 9.48. The van der Waals surface area contributed by atoms with E-state index >= 15 is 0 Å². The smallest absolute Gasteiger partial charge is 0.412 e. The van der Waals surface area contributed by atoms with Gasteiger partial charge in [0.15, 0.2) is 11.9 Å². The number of nitrogens with two attached hydrogens (primary N) is 1. The maximum atomic E-state index is 13.0. The van der Waals surface area contributed by atoms with Crippen LogP contribution in [0.2, 0.25) is 0 Å². The minimum absolute atomic E-state index is 0.0554. The molecule has 3 aromatic carbocycles. The summed E-state index contributed by atoms with van der Waals surface area (Å²) in [5, 5.41) is 14.7. The van der Waals surface area contributed by atoms with E-state index < -0.39 is 18.3 Å². The number of para-hydroxylation sites is 3. The predicted octanol–water partition coefficient (Wildman–Crippen LogP) is 5.12. The van der Waals surface area contributed by atoms with Gasteiger partial charge in [0.2, 0.25) is 5.91 Å². The Morgan fingerprint density at radius 1 is 0.976 bits per heavy atom. The number of allylic oxidation sites excluding steroid dienone is 1. The molecule has 216 valence electrons. The van der Waals surface area contributed by atoms with Crippen molar-refractivity contribution in [3.63, 3.8) is 0 Å². The van der Waals surface area contributed by atoms with Crippen molar-refractivity contribution in [2.24, 2.45) is 0 Å². The van der Waals surface area contributed by atoms with Gasteiger partial charge in [-0.3, -0.25) is 14.9 Å². The van der Waals surface area contributed by atoms with Crippen molar-refractivity contribution in [1.82, 2.24) is 0 Å². The predicted molar refractivity (Wildman–Crippen MR) is 157 cm³/mol. The van der Waals surface area contributed by atoms with Crippen molar-refractivity contribution < 1.29 is 33.7 Å². The van der Waals surface area contributed by atoms with Crippen LogP contribution in [0, 0.1) is 0 Å². The number of aliphatic hydroxyl groups is 1. The van der Waals surface area contributed by atoms with E-state index in [1.165, 1.54) is 20.1 Å². The molecule has 0 saturated heterocycles. The fourth-order valence-corrected chi connectivity index (χ4v) is 4.02. The Morgan fingerprint density at radius 3 is 2.37 bits per heavy atom. The minimum Gasteiger partial charge on any atom is -0.491 e. The van der Waals surface area contributed by atoms with Crippen molar-refractivity contribution in [2.45, 2.75) is 32.0 Å². The van der Waals surface area contributed by atoms with Crippen molar-refractivity contribution in [2.75, 3.05) is 36.7 Å². The minimum atomic E-state index is -0.891. The number of rotatable bonds is 14. The Hall–Kier alpha value is -4.67. The standard InChI is InChI=1S/C31H35N3O7/c1-21(36)22-15-17-23(18-16-22)33-31(38)41-30(24-9-3-6-12-27(24)40-20-19-35)28(39-2)13-7-8-14-29(37)34-26-11-5-4-10-25(26)32/h3-6,8-12,14-18,28,30,35H,7,13,19-20,32H2,1-2H3,(H,33,38)(H,34,37)/b14-8+/t28-,30-/m1/s1. The molecule has 10 heteroatoms. The number of ether oxygens (including phenoxy) is 3. The molecule has 0 unspecified atom stereocenters. The molecule has 0 aromatic heterocycles. The molecule has 0 heterocycles. The van der Waals surface area contributed by atoms with Crippen LogP contribution in [0.25, 0.3) is 0 Å². The summed E-state index contributed by atoms with van der Waals surface area (Å²) in [6, 6.07) is 20.4. The van der Waals surface area contributed by atoms with Crippen LogP contribution in [0.3, 0.4) is 0 Å². The maximum Gasteiger partial charge on any atom is 0.412 e. The fourth-order valence-electron chi connectivity index (χ4n) is 4.02. The Balaban J connectivity index is 1.74. The van der Waals surface area contributed by atoms with Crippen LogP contribution in [-0.4, -0.2) is 49.3 Å². The molecule has 0 radical (unpaired) electrons. The number of nitrogen functional groups attached to an aromatic ring is 1. The summed E-state index contributed by atoms with van der Waals surface area (Å²) in [6.45, 7) is 1.33. The van der Waals surface area contributed by atoms with E-state index in [1.807, 2.05) is 0 Å². The fraction of sp³-hybridized carbons (Fsp3) is 0.258. The first-order chi connectivity index (χ1) is 19.8. The van der Waals surface area contributed by atoms with Crippen molar-refractivity contribution in [3.8, 4) is 5.75 Å². The van der Waals surface area contributed by atoms with E-state index in [1.54, 1.807) is 78.9 Å². The maximum absolute atomic E-state index is 13.0. The number of carbonyl (C=O) groups is 3. The first-order valence-corrected chi connectivity index (χ1v) is 13.1. The summed E-state index contributed by atoms with van der Waals surface area (Å²) in [5.41, 5.74) is 8.38. The van der Waals surface area contributed by atoms with Gasteiger partial charge in [0, 0.05) is 23.9 Å². The van der Waals surface area contributed by atoms with Gasteiger partial charge in [-0.2, -0.15) is 0 Å². The average Bonchev–Trinajstić information content (AvgIpc) is 2.97. The number of ketones is 1. The molecule has 0 bridgehead atoms. The molecule has 2 atom stereocenters. The second-order valence-corrected chi connectivity index (χ2v) is 9.02. The average molecular weight is 562 g/mol. The van der Waals surface area contributed by atoms with Gasteiger partial charge >= 0.3 is 6.09 Å². The second-order valence-electron chi connectivity index (χ2n) is 9.02. The Labute approximate surface area is 239 Å². The van der Waals surface area contributed by atoms with Gasteiger partial charge in [-0.15, -0.1) is 0 Å². The van der Waals surface area contributed by atoms with E-state index in [4.69, 9.17) is 19.9 Å². The van der Waals surface area contributed by atoms with Gasteiger partial charge in [0.1, 0.15) is 12.4 Å². The molecule has 0 spiro atoms. The third-order valence-corrected chi connectivity index (χ3v) is 6.09. The second kappa shape index (κ2) is 15.8. The van der Waals surface area contributed by atoms with Gasteiger partial charge in [0.05, 0.1) is 24.1 Å². The lowest BCUT2D eigenvalue weighted by Crippen LogP contribution is -2.28. The van der Waals surface area contributed by atoms with Crippen LogP contribution < -0.4 is 21.1 Å². The summed E-state index contributed by atoms with van der Waals surface area (Å²) in [7, 11) is 1.51. The summed E-state index contributed by atoms with van der Waals surface area (Å²) in [4.78, 5) is 36.9. The number of methoxy groups -OCH3 is 1. The van der Waals surface area contributed by atoms with Crippen LogP contribution >= 0.6 is 0 Å². The molecule has 0 fully saturated rings. The number of anilines is 3. The Morgan fingerprint density at radius 2 is 1.68 bits per heavy atom. The van der Waals surface area contributed by atoms with Gasteiger partial charge in [-0.25, -0.2) is 4.79 Å². The van der Waals surface area contributed by atoms with E-state index in [9.17, 15) is 19.5 Å². The van der Waals surface area contributed by atoms with Crippen LogP contribution in [0.4, 0.5) is 21.9 Å². The van der Waals surface area contributed by atoms with Crippen LogP contribution in [-0.2, 0) is 14.3 Å². The molecule has 0 aliphatic heterocycles. The molecule has 0 saturated carbocycles. The van der Waals surface area contributed by atoms with E-state index in [2.05, 4.69) is 10.6 Å². The van der Waals surface area contributed by atoms with Crippen LogP contribution in [0.1, 0.15) is 41.8 Å². The zero-order valence-corrected chi connectivity index (χ0v) is 23.0. The first-order valence-electron chi connectivity index (χ1n) is 13.1. The first kappa shape index (κ1) is 30.9. The lowest BCUT2D eigenvalue weighted by Gasteiger charge is -2.27. The summed E-state index contributed by atoms with van der Waals surface area (Å²) in [6.07, 6.45) is 1.69. The van der Waals surface area contributed by atoms with Crippen molar-refractivity contribution >= 4 is 34.8 Å². The molecule has 10 nitrogen and oxygen atoms in total. The monoisotopic (exact) mass is 561 g/mol. The van der Waals surface area contributed by atoms with Gasteiger partial charge in [0.25, 0.3) is 0 Å². The zero-order valence-electron chi connectivity index (χ0n) is 23.0. The third-order valence-electron chi connectivity index (χ3n) is 6.09. The lowest BCUT2D eigenvalue weighted by molar-refractivity contribution is -0.111. The van der Waals surface area contributed by atoms with Gasteiger partial charge in [-0.05, 0) is 68.3 Å². The van der Waals surface area contributed by atoms with E-state index in [0.29, 0.717) is 46.8 Å². The molecule has 2 amide bonds. The molecular weight excluding hydrogens is 526 g/mol. The molecule has 5 N–H and O–H groups in total. The van der Waals surface area contributed by atoms with Gasteiger partial charge < -0.3 is 30.4 Å². The van der Waals surface area contributed by atoms with Crippen LogP contribution in [0.5, 0.6) is 5.75 Å². The van der Waals surface area contributed by atoms with E-state index in [0.717, 1.165) is 0 Å². The van der Waals surface area contributed by atoms with Crippen molar-refractivity contribution in [1.29, 1.82) is 0 Å². The Kier molecular flexibility index (Phi) is 11.9. The lowest BCUT2D eigenvalue weighted by atomic mass is 9.99. The summed E-state index contributed by atoms with van der Waals surface area (Å²) >= 11 is 0. The normalized spacial score (nSPS) is 12.4. The number of Topliss-reactive ketones (excluding diaryl/α,β-unsaturated/α-hetero) is 1. The molecule has 0 aliphatic carbocycles. The van der Waals surface area contributed by atoms with Crippen molar-refractivity contribution in [3.05, 3.63) is 96.1 Å². The number of nitrogens with one attached hydrogen (secondary N) is 2. The van der Waals surface area contributed by atoms with E-state index in [-0.39, 0.29) is 24.9 Å². The van der Waals surface area contributed by atoms with Crippen LogP contribution in [0.15, 0.2) is 84.9 Å². The number of benzene rings is 3. The summed E-state index contributed by atoms with van der Waals surface area (Å²) < 4.78 is 17.3. The molecule has 3 aromatic rings. The SMILES string of the molecule is CO[C@H](CC/C=C/C(=O)Nc1ccccc1N)[C@H](OC(=O)Nc1ccc(C(C)=O)cc1)c1ccccc1OCCO. The summed E-state index contributed by atoms with van der Waals surface area (Å²) in [5.74, 6) is 0.0162.